The van der Waals surface area contributed by atoms with E-state index in [4.69, 9.17) is 5.11 Å². The van der Waals surface area contributed by atoms with Crippen molar-refractivity contribution >= 4 is 5.97 Å². The minimum absolute atomic E-state index is 0.264. The van der Waals surface area contributed by atoms with E-state index in [9.17, 15) is 4.79 Å². The van der Waals surface area contributed by atoms with Crippen molar-refractivity contribution in [3.05, 3.63) is 12.2 Å². The number of carbonyl (C=O) groups is 1. The molecular formula is C20H36O2. The van der Waals surface area contributed by atoms with Crippen molar-refractivity contribution in [2.24, 2.45) is 11.8 Å². The molecule has 0 amide bonds. The molecule has 1 aliphatic carbocycles. The summed E-state index contributed by atoms with van der Waals surface area (Å²) in [6.45, 7) is 2.28. The SMILES string of the molecule is CCCCCCCC[C@H]1CCC[C@@H]1CCC=CCCC(=O)O. The molecule has 2 atom stereocenters. The molecule has 1 fully saturated rings. The second kappa shape index (κ2) is 12.7. The Morgan fingerprint density at radius 3 is 2.32 bits per heavy atom. The quantitative estimate of drug-likeness (QED) is 0.318. The van der Waals surface area contributed by atoms with E-state index in [1.54, 1.807) is 0 Å². The lowest BCUT2D eigenvalue weighted by molar-refractivity contribution is -0.136. The molecule has 0 aromatic heterocycles. The highest BCUT2D eigenvalue weighted by Gasteiger charge is 2.25. The lowest BCUT2D eigenvalue weighted by Gasteiger charge is -2.18. The van der Waals surface area contributed by atoms with Gasteiger partial charge < -0.3 is 5.11 Å². The van der Waals surface area contributed by atoms with E-state index >= 15 is 0 Å². The number of hydrogen-bond acceptors (Lipinski definition) is 1. The Morgan fingerprint density at radius 2 is 1.59 bits per heavy atom. The van der Waals surface area contributed by atoms with Crippen LogP contribution in [0.5, 0.6) is 0 Å². The summed E-state index contributed by atoms with van der Waals surface area (Å²) in [5, 5.41) is 8.59. The first-order valence-corrected chi connectivity index (χ1v) is 9.60. The van der Waals surface area contributed by atoms with Gasteiger partial charge in [0.1, 0.15) is 0 Å². The summed E-state index contributed by atoms with van der Waals surface area (Å²) in [7, 11) is 0. The second-order valence-electron chi connectivity index (χ2n) is 6.99. The number of carboxylic acids is 1. The highest BCUT2D eigenvalue weighted by atomic mass is 16.4. The van der Waals surface area contributed by atoms with Gasteiger partial charge in [-0.3, -0.25) is 4.79 Å². The average Bonchev–Trinajstić information content (AvgIpc) is 2.93. The Bertz CT molecular complexity index is 309. The largest absolute Gasteiger partial charge is 0.481 e. The van der Waals surface area contributed by atoms with Crippen molar-refractivity contribution in [3.8, 4) is 0 Å². The fourth-order valence-electron chi connectivity index (χ4n) is 3.81. The number of aliphatic carboxylic acids is 1. The fraction of sp³-hybridized carbons (Fsp3) is 0.850. The van der Waals surface area contributed by atoms with Crippen molar-refractivity contribution in [1.29, 1.82) is 0 Å². The lowest BCUT2D eigenvalue weighted by Crippen LogP contribution is -2.07. The molecule has 1 saturated carbocycles. The van der Waals surface area contributed by atoms with Gasteiger partial charge in [-0.05, 0) is 31.1 Å². The van der Waals surface area contributed by atoms with Gasteiger partial charge in [0.15, 0.2) is 0 Å². The number of rotatable bonds is 13. The smallest absolute Gasteiger partial charge is 0.303 e. The molecule has 0 aromatic rings. The summed E-state index contributed by atoms with van der Waals surface area (Å²) in [4.78, 5) is 10.4. The van der Waals surface area contributed by atoms with Crippen LogP contribution in [0.25, 0.3) is 0 Å². The molecule has 0 aromatic carbocycles. The molecule has 0 heterocycles. The van der Waals surface area contributed by atoms with Crippen LogP contribution in [0.2, 0.25) is 0 Å². The maximum Gasteiger partial charge on any atom is 0.303 e. The number of unbranched alkanes of at least 4 members (excludes halogenated alkanes) is 5. The summed E-state index contributed by atoms with van der Waals surface area (Å²) >= 11 is 0. The third-order valence-corrected chi connectivity index (χ3v) is 5.14. The van der Waals surface area contributed by atoms with E-state index in [-0.39, 0.29) is 6.42 Å². The molecular weight excluding hydrogens is 272 g/mol. The first kappa shape index (κ1) is 19.3. The number of hydrogen-bond donors (Lipinski definition) is 1. The number of allylic oxidation sites excluding steroid dienone is 2. The minimum atomic E-state index is -0.695. The van der Waals surface area contributed by atoms with Crippen molar-refractivity contribution in [2.75, 3.05) is 0 Å². The van der Waals surface area contributed by atoms with Gasteiger partial charge in [-0.25, -0.2) is 0 Å². The van der Waals surface area contributed by atoms with E-state index in [0.29, 0.717) is 6.42 Å². The Morgan fingerprint density at radius 1 is 0.955 bits per heavy atom. The molecule has 1 N–H and O–H groups in total. The lowest BCUT2D eigenvalue weighted by atomic mass is 9.87. The molecule has 0 saturated heterocycles. The predicted octanol–water partition coefficient (Wildman–Crippen LogP) is 6.35. The molecule has 0 unspecified atom stereocenters. The second-order valence-corrected chi connectivity index (χ2v) is 6.99. The van der Waals surface area contributed by atoms with Gasteiger partial charge >= 0.3 is 5.97 Å². The molecule has 2 nitrogen and oxygen atoms in total. The molecule has 22 heavy (non-hydrogen) atoms. The van der Waals surface area contributed by atoms with Crippen LogP contribution in [0.3, 0.4) is 0 Å². The van der Waals surface area contributed by atoms with E-state index < -0.39 is 5.97 Å². The third-order valence-electron chi connectivity index (χ3n) is 5.14. The number of carboxylic acid groups (broad SMARTS) is 1. The zero-order chi connectivity index (χ0) is 16.0. The summed E-state index contributed by atoms with van der Waals surface area (Å²) < 4.78 is 0. The Kier molecular flexibility index (Phi) is 11.1. The van der Waals surface area contributed by atoms with Gasteiger partial charge in [0, 0.05) is 6.42 Å². The summed E-state index contributed by atoms with van der Waals surface area (Å²) in [5.74, 6) is 1.21. The monoisotopic (exact) mass is 308 g/mol. The highest BCUT2D eigenvalue weighted by Crippen LogP contribution is 2.38. The Balaban J connectivity index is 2.06. The molecule has 128 valence electrons. The van der Waals surface area contributed by atoms with Crippen LogP contribution in [0.15, 0.2) is 12.2 Å². The molecule has 0 aliphatic heterocycles. The molecule has 2 heteroatoms. The van der Waals surface area contributed by atoms with Crippen LogP contribution in [0.1, 0.15) is 96.8 Å². The normalized spacial score (nSPS) is 21.7. The minimum Gasteiger partial charge on any atom is -0.481 e. The van der Waals surface area contributed by atoms with E-state index in [0.717, 1.165) is 18.3 Å². The molecule has 0 bridgehead atoms. The molecule has 0 spiro atoms. The first-order valence-electron chi connectivity index (χ1n) is 9.60. The molecule has 0 radical (unpaired) electrons. The van der Waals surface area contributed by atoms with Gasteiger partial charge in [0.05, 0.1) is 0 Å². The van der Waals surface area contributed by atoms with Crippen molar-refractivity contribution in [3.63, 3.8) is 0 Å². The van der Waals surface area contributed by atoms with Crippen molar-refractivity contribution in [2.45, 2.75) is 96.8 Å². The topological polar surface area (TPSA) is 37.3 Å². The van der Waals surface area contributed by atoms with Crippen LogP contribution in [-0.4, -0.2) is 11.1 Å². The van der Waals surface area contributed by atoms with Crippen molar-refractivity contribution in [1.82, 2.24) is 0 Å². The summed E-state index contributed by atoms with van der Waals surface area (Å²) in [5.41, 5.74) is 0. The van der Waals surface area contributed by atoms with E-state index in [1.165, 1.54) is 70.6 Å². The fourth-order valence-corrected chi connectivity index (χ4v) is 3.81. The average molecular weight is 309 g/mol. The third kappa shape index (κ3) is 9.27. The highest BCUT2D eigenvalue weighted by molar-refractivity contribution is 5.66. The molecule has 1 rings (SSSR count). The van der Waals surface area contributed by atoms with Crippen LogP contribution in [0, 0.1) is 11.8 Å². The van der Waals surface area contributed by atoms with Gasteiger partial charge in [-0.15, -0.1) is 0 Å². The zero-order valence-electron chi connectivity index (χ0n) is 14.6. The Hall–Kier alpha value is -0.790. The maximum absolute atomic E-state index is 10.4. The molecule has 1 aliphatic rings. The predicted molar refractivity (Wildman–Crippen MR) is 94.1 cm³/mol. The van der Waals surface area contributed by atoms with Crippen LogP contribution < -0.4 is 0 Å². The maximum atomic E-state index is 10.4. The Labute approximate surface area is 137 Å². The first-order chi connectivity index (χ1) is 10.7. The van der Waals surface area contributed by atoms with Gasteiger partial charge in [0.2, 0.25) is 0 Å². The summed E-state index contributed by atoms with van der Waals surface area (Å²) in [6.07, 6.45) is 21.8. The van der Waals surface area contributed by atoms with Gasteiger partial charge in [-0.2, -0.15) is 0 Å². The van der Waals surface area contributed by atoms with Crippen LogP contribution in [0.4, 0.5) is 0 Å². The van der Waals surface area contributed by atoms with Crippen molar-refractivity contribution < 1.29 is 9.90 Å². The van der Waals surface area contributed by atoms with Crippen LogP contribution in [-0.2, 0) is 4.79 Å². The van der Waals surface area contributed by atoms with E-state index in [1.807, 2.05) is 6.08 Å². The summed E-state index contributed by atoms with van der Waals surface area (Å²) in [6, 6.07) is 0. The van der Waals surface area contributed by atoms with Gasteiger partial charge in [-0.1, -0.05) is 83.3 Å². The standard InChI is InChI=1S/C20H36O2/c1-2-3-4-5-6-9-13-18-15-12-16-19(18)14-10-7-8-11-17-20(21)22/h7-8,18-19H,2-6,9-17H2,1H3,(H,21,22)/t18-,19-/m0/s1. The van der Waals surface area contributed by atoms with Crippen LogP contribution >= 0.6 is 0 Å². The zero-order valence-corrected chi connectivity index (χ0v) is 14.6. The van der Waals surface area contributed by atoms with E-state index in [2.05, 4.69) is 13.0 Å². The van der Waals surface area contributed by atoms with Gasteiger partial charge in [0.25, 0.3) is 0 Å².